The average molecular weight is 470 g/mol. The van der Waals surface area contributed by atoms with Crippen LogP contribution in [0, 0.1) is 11.8 Å². The number of Topliss-reactive ketones (excluding diaryl/α,β-unsaturated/α-hetero) is 1. The first-order valence-corrected chi connectivity index (χ1v) is 12.4. The van der Waals surface area contributed by atoms with Crippen LogP contribution < -0.4 is 10.2 Å². The Morgan fingerprint density at radius 3 is 2.35 bits per heavy atom. The summed E-state index contributed by atoms with van der Waals surface area (Å²) in [5.41, 5.74) is 0.0961. The topological polar surface area (TPSA) is 96.0 Å². The Morgan fingerprint density at radius 2 is 1.71 bits per heavy atom. The molecule has 3 atom stereocenters. The summed E-state index contributed by atoms with van der Waals surface area (Å²) in [6.07, 6.45) is 4.84. The molecule has 2 aliphatic heterocycles. The third-order valence-electron chi connectivity index (χ3n) is 6.96. The molecule has 3 fully saturated rings. The summed E-state index contributed by atoms with van der Waals surface area (Å²) in [5.74, 6) is -3.18. The molecule has 2 saturated heterocycles. The number of fused-ring (bicyclic) bond motifs is 1. The standard InChI is InChI=1S/C26H35N3O5/c1-26(2,3)34-25(33)28-15-14-19-20(16-28)27-23(31)21(22(19)30)24(32)29(17-10-6-4-7-11-17)18-12-8-5-9-13-18/h4,6-7,10-11,18-21H,5,8-9,12-16H2,1-3H3,(H,27,31). The van der Waals surface area contributed by atoms with Crippen molar-refractivity contribution in [2.75, 3.05) is 18.0 Å². The van der Waals surface area contributed by atoms with Gasteiger partial charge in [-0.1, -0.05) is 37.5 Å². The van der Waals surface area contributed by atoms with Gasteiger partial charge in [-0.15, -0.1) is 0 Å². The Morgan fingerprint density at radius 1 is 1.03 bits per heavy atom. The third kappa shape index (κ3) is 5.10. The highest BCUT2D eigenvalue weighted by atomic mass is 16.6. The summed E-state index contributed by atoms with van der Waals surface area (Å²) in [6, 6.07) is 8.81. The minimum Gasteiger partial charge on any atom is -0.444 e. The van der Waals surface area contributed by atoms with Gasteiger partial charge in [0.1, 0.15) is 5.60 Å². The number of carbonyl (C=O) groups is 4. The first kappa shape index (κ1) is 24.2. The molecule has 184 valence electrons. The molecule has 1 aliphatic carbocycles. The number of amides is 3. The first-order valence-electron chi connectivity index (χ1n) is 12.4. The molecule has 34 heavy (non-hydrogen) atoms. The van der Waals surface area contributed by atoms with E-state index in [4.69, 9.17) is 4.74 Å². The second-order valence-corrected chi connectivity index (χ2v) is 10.6. The fraction of sp³-hybridized carbons (Fsp3) is 0.615. The number of nitrogens with zero attached hydrogens (tertiary/aromatic N) is 2. The lowest BCUT2D eigenvalue weighted by molar-refractivity contribution is -0.148. The molecule has 8 nitrogen and oxygen atoms in total. The van der Waals surface area contributed by atoms with Crippen molar-refractivity contribution in [3.05, 3.63) is 30.3 Å². The van der Waals surface area contributed by atoms with Crippen molar-refractivity contribution >= 4 is 29.4 Å². The second-order valence-electron chi connectivity index (χ2n) is 10.6. The van der Waals surface area contributed by atoms with E-state index in [1.54, 1.807) is 25.7 Å². The van der Waals surface area contributed by atoms with Gasteiger partial charge in [0.05, 0.1) is 6.04 Å². The number of benzene rings is 1. The number of anilines is 1. The number of rotatable bonds is 3. The Hall–Kier alpha value is -2.90. The van der Waals surface area contributed by atoms with Crippen LogP contribution in [0.1, 0.15) is 59.3 Å². The van der Waals surface area contributed by atoms with Crippen molar-refractivity contribution < 1.29 is 23.9 Å². The van der Waals surface area contributed by atoms with Gasteiger partial charge >= 0.3 is 6.09 Å². The Bertz CT molecular complexity index is 936. The van der Waals surface area contributed by atoms with Crippen LogP contribution in [-0.2, 0) is 19.1 Å². The minimum atomic E-state index is -1.35. The largest absolute Gasteiger partial charge is 0.444 e. The zero-order chi connectivity index (χ0) is 24.5. The Labute approximate surface area is 201 Å². The van der Waals surface area contributed by atoms with Crippen LogP contribution in [0.4, 0.5) is 10.5 Å². The smallest absolute Gasteiger partial charge is 0.410 e. The molecular formula is C26H35N3O5. The highest BCUT2D eigenvalue weighted by Gasteiger charge is 2.51. The van der Waals surface area contributed by atoms with Gasteiger partial charge in [-0.25, -0.2) is 4.79 Å². The molecular weight excluding hydrogens is 434 g/mol. The van der Waals surface area contributed by atoms with Gasteiger partial charge in [-0.2, -0.15) is 0 Å². The van der Waals surface area contributed by atoms with E-state index in [1.165, 1.54) is 4.90 Å². The quantitative estimate of drug-likeness (QED) is 0.686. The summed E-state index contributed by atoms with van der Waals surface area (Å²) in [4.78, 5) is 56.1. The molecule has 3 amide bonds. The number of hydrogen-bond donors (Lipinski definition) is 1. The number of para-hydroxylation sites is 1. The number of nitrogens with one attached hydrogen (secondary N) is 1. The maximum atomic E-state index is 13.8. The lowest BCUT2D eigenvalue weighted by atomic mass is 9.77. The fourth-order valence-electron chi connectivity index (χ4n) is 5.36. The van der Waals surface area contributed by atoms with E-state index >= 15 is 0 Å². The lowest BCUT2D eigenvalue weighted by Crippen LogP contribution is -2.65. The molecule has 4 rings (SSSR count). The van der Waals surface area contributed by atoms with E-state index in [0.717, 1.165) is 37.8 Å². The minimum absolute atomic E-state index is 0.0176. The van der Waals surface area contributed by atoms with Crippen molar-refractivity contribution in [3.8, 4) is 0 Å². The Kier molecular flexibility index (Phi) is 6.96. The zero-order valence-corrected chi connectivity index (χ0v) is 20.3. The second kappa shape index (κ2) is 9.76. The predicted molar refractivity (Wildman–Crippen MR) is 127 cm³/mol. The van der Waals surface area contributed by atoms with E-state index in [-0.39, 0.29) is 18.4 Å². The van der Waals surface area contributed by atoms with Crippen molar-refractivity contribution in [1.29, 1.82) is 0 Å². The van der Waals surface area contributed by atoms with Crippen LogP contribution >= 0.6 is 0 Å². The molecule has 2 heterocycles. The maximum Gasteiger partial charge on any atom is 0.410 e. The lowest BCUT2D eigenvalue weighted by Gasteiger charge is -2.43. The van der Waals surface area contributed by atoms with Crippen molar-refractivity contribution in [2.45, 2.75) is 77.0 Å². The van der Waals surface area contributed by atoms with E-state index in [1.807, 2.05) is 30.3 Å². The van der Waals surface area contributed by atoms with Crippen molar-refractivity contribution in [2.24, 2.45) is 11.8 Å². The van der Waals surface area contributed by atoms with Gasteiger partial charge in [-0.3, -0.25) is 14.4 Å². The normalized spacial score (nSPS) is 25.9. The molecule has 1 saturated carbocycles. The number of carbonyl (C=O) groups excluding carboxylic acids is 4. The van der Waals surface area contributed by atoms with Gasteiger partial charge in [-0.05, 0) is 52.2 Å². The van der Waals surface area contributed by atoms with Gasteiger partial charge < -0.3 is 19.9 Å². The zero-order valence-electron chi connectivity index (χ0n) is 20.3. The van der Waals surface area contributed by atoms with Gasteiger partial charge in [0.25, 0.3) is 0 Å². The summed E-state index contributed by atoms with van der Waals surface area (Å²) >= 11 is 0. The molecule has 3 unspecified atom stereocenters. The van der Waals surface area contributed by atoms with Crippen LogP contribution in [0.15, 0.2) is 30.3 Å². The number of likely N-dealkylation sites (tertiary alicyclic amines) is 1. The van der Waals surface area contributed by atoms with Crippen molar-refractivity contribution in [1.82, 2.24) is 10.2 Å². The maximum absolute atomic E-state index is 13.8. The van der Waals surface area contributed by atoms with Gasteiger partial charge in [0.2, 0.25) is 11.8 Å². The predicted octanol–water partition coefficient (Wildman–Crippen LogP) is 3.29. The van der Waals surface area contributed by atoms with E-state index in [0.29, 0.717) is 13.0 Å². The van der Waals surface area contributed by atoms with E-state index in [2.05, 4.69) is 5.32 Å². The molecule has 8 heteroatoms. The SMILES string of the molecule is CC(C)(C)OC(=O)N1CCC2C(=O)C(C(=O)N(c3ccccc3)C3CCCCC3)C(=O)NC2C1. The molecule has 3 aliphatic rings. The summed E-state index contributed by atoms with van der Waals surface area (Å²) < 4.78 is 5.45. The van der Waals surface area contributed by atoms with Gasteiger partial charge in [0, 0.05) is 30.7 Å². The van der Waals surface area contributed by atoms with Crippen LogP contribution in [0.3, 0.4) is 0 Å². The summed E-state index contributed by atoms with van der Waals surface area (Å²) in [5, 5.41) is 2.88. The number of piperidine rings is 2. The van der Waals surface area contributed by atoms with Crippen LogP contribution in [0.5, 0.6) is 0 Å². The number of ketones is 1. The summed E-state index contributed by atoms with van der Waals surface area (Å²) in [7, 11) is 0. The highest BCUT2D eigenvalue weighted by molar-refractivity contribution is 6.24. The molecule has 1 aromatic rings. The van der Waals surface area contributed by atoms with Crippen molar-refractivity contribution in [3.63, 3.8) is 0 Å². The van der Waals surface area contributed by atoms with E-state index in [9.17, 15) is 19.2 Å². The molecule has 0 radical (unpaired) electrons. The Balaban J connectivity index is 1.52. The molecule has 1 N–H and O–H groups in total. The highest BCUT2D eigenvalue weighted by Crippen LogP contribution is 2.33. The van der Waals surface area contributed by atoms with E-state index < -0.39 is 41.4 Å². The monoisotopic (exact) mass is 469 g/mol. The fourth-order valence-corrected chi connectivity index (χ4v) is 5.36. The number of ether oxygens (including phenoxy) is 1. The molecule has 1 aromatic carbocycles. The molecule has 0 aromatic heterocycles. The third-order valence-corrected chi connectivity index (χ3v) is 6.96. The van der Waals surface area contributed by atoms with Crippen LogP contribution in [-0.4, -0.2) is 59.4 Å². The summed E-state index contributed by atoms with van der Waals surface area (Å²) in [6.45, 7) is 5.94. The van der Waals surface area contributed by atoms with Crippen LogP contribution in [0.25, 0.3) is 0 Å². The van der Waals surface area contributed by atoms with Crippen LogP contribution in [0.2, 0.25) is 0 Å². The molecule has 0 spiro atoms. The molecule has 0 bridgehead atoms. The first-order chi connectivity index (χ1) is 16.2. The number of hydrogen-bond acceptors (Lipinski definition) is 5. The average Bonchev–Trinajstić information content (AvgIpc) is 2.79. The van der Waals surface area contributed by atoms with Gasteiger partial charge in [0.15, 0.2) is 11.7 Å².